The van der Waals surface area contributed by atoms with Crippen molar-refractivity contribution in [3.63, 3.8) is 0 Å². The van der Waals surface area contributed by atoms with Gasteiger partial charge in [0.05, 0.1) is 25.3 Å². The molecule has 2 aromatic rings. The van der Waals surface area contributed by atoms with Gasteiger partial charge >= 0.3 is 5.97 Å². The van der Waals surface area contributed by atoms with Crippen molar-refractivity contribution in [2.75, 3.05) is 7.11 Å². The number of aryl methyl sites for hydroxylation is 1. The van der Waals surface area contributed by atoms with Gasteiger partial charge in [-0.2, -0.15) is 0 Å². The van der Waals surface area contributed by atoms with Crippen LogP contribution in [-0.2, 0) is 29.0 Å². The predicted octanol–water partition coefficient (Wildman–Crippen LogP) is 6.45. The van der Waals surface area contributed by atoms with E-state index in [2.05, 4.69) is 56.1 Å². The predicted molar refractivity (Wildman–Crippen MR) is 131 cm³/mol. The van der Waals surface area contributed by atoms with Crippen molar-refractivity contribution in [1.82, 2.24) is 5.32 Å². The molecule has 0 saturated heterocycles. The first-order valence-corrected chi connectivity index (χ1v) is 12.4. The Hall–Kier alpha value is -2.33. The van der Waals surface area contributed by atoms with Gasteiger partial charge in [-0.05, 0) is 79.9 Å². The average molecular weight is 450 g/mol. The number of carbonyl (C=O) groups excluding carboxylic acids is 1. The molecular weight excluding hydrogens is 410 g/mol. The topological polar surface area (TPSA) is 51.5 Å². The van der Waals surface area contributed by atoms with Gasteiger partial charge < -0.3 is 14.5 Å². The monoisotopic (exact) mass is 449 g/mol. The molecule has 4 nitrogen and oxygen atoms in total. The summed E-state index contributed by atoms with van der Waals surface area (Å²) in [6.07, 6.45) is 9.04. The van der Waals surface area contributed by atoms with Crippen molar-refractivity contribution in [3.05, 3.63) is 71.7 Å². The first-order chi connectivity index (χ1) is 15.9. The summed E-state index contributed by atoms with van der Waals surface area (Å²) >= 11 is 0. The Kier molecular flexibility index (Phi) is 7.13. The van der Waals surface area contributed by atoms with Crippen LogP contribution >= 0.6 is 0 Å². The second-order valence-electron chi connectivity index (χ2n) is 10.6. The molecule has 1 aromatic heterocycles. The molecule has 2 aliphatic rings. The highest BCUT2D eigenvalue weighted by atomic mass is 16.5. The molecule has 1 aromatic carbocycles. The smallest absolute Gasteiger partial charge is 0.311 e. The summed E-state index contributed by atoms with van der Waals surface area (Å²) in [6, 6.07) is 12.6. The highest BCUT2D eigenvalue weighted by Crippen LogP contribution is 2.62. The standard InChI is InChI=1S/C29H39NO3/c1-21-11-14-26-28(2,16-8-17-29(26,3)27(31)32-4)24(21)13-12-23-15-18-33-25(23)20-30-19-22-9-6-5-7-10-22/h5-7,9-10,15,18,24,26,30H,1,8,11-14,16-17,19-20H2,2-4H3/t24-,26-,28+,29-/m0/s1. The molecule has 0 unspecified atom stereocenters. The maximum Gasteiger partial charge on any atom is 0.311 e. The van der Waals surface area contributed by atoms with Crippen LogP contribution in [-0.4, -0.2) is 13.1 Å². The number of fused-ring (bicyclic) bond motifs is 1. The van der Waals surface area contributed by atoms with Crippen LogP contribution in [0.3, 0.4) is 0 Å². The minimum Gasteiger partial charge on any atom is -0.469 e. The second kappa shape index (κ2) is 9.89. The molecule has 178 valence electrons. The van der Waals surface area contributed by atoms with Gasteiger partial charge in [0.1, 0.15) is 5.76 Å². The minimum absolute atomic E-state index is 0.0358. The summed E-state index contributed by atoms with van der Waals surface area (Å²) in [5.41, 5.74) is 3.61. The third-order valence-corrected chi connectivity index (χ3v) is 8.67. The van der Waals surface area contributed by atoms with Crippen LogP contribution in [0.1, 0.15) is 69.3 Å². The van der Waals surface area contributed by atoms with E-state index in [1.54, 1.807) is 0 Å². The van der Waals surface area contributed by atoms with E-state index < -0.39 is 0 Å². The zero-order valence-corrected chi connectivity index (χ0v) is 20.5. The molecule has 2 fully saturated rings. The van der Waals surface area contributed by atoms with Crippen LogP contribution in [0.2, 0.25) is 0 Å². The summed E-state index contributed by atoms with van der Waals surface area (Å²) in [6.45, 7) is 10.6. The normalized spacial score (nSPS) is 29.5. The lowest BCUT2D eigenvalue weighted by molar-refractivity contribution is -0.168. The Morgan fingerprint density at radius 2 is 1.97 bits per heavy atom. The number of ether oxygens (including phenoxy) is 1. The largest absolute Gasteiger partial charge is 0.469 e. The number of rotatable bonds is 8. The van der Waals surface area contributed by atoms with Crippen LogP contribution < -0.4 is 5.32 Å². The minimum atomic E-state index is -0.386. The summed E-state index contributed by atoms with van der Waals surface area (Å²) in [5.74, 6) is 1.75. The van der Waals surface area contributed by atoms with Crippen LogP contribution in [0.15, 0.2) is 59.2 Å². The van der Waals surface area contributed by atoms with Crippen molar-refractivity contribution in [1.29, 1.82) is 0 Å². The zero-order chi connectivity index (χ0) is 23.5. The highest BCUT2D eigenvalue weighted by Gasteiger charge is 2.57. The summed E-state index contributed by atoms with van der Waals surface area (Å²) in [4.78, 5) is 12.8. The molecule has 0 spiro atoms. The van der Waals surface area contributed by atoms with E-state index in [0.717, 1.165) is 63.8 Å². The summed E-state index contributed by atoms with van der Waals surface area (Å²) in [7, 11) is 1.53. The Bertz CT molecular complexity index is 964. The third-order valence-electron chi connectivity index (χ3n) is 8.67. The Morgan fingerprint density at radius 3 is 2.73 bits per heavy atom. The molecule has 4 atom stereocenters. The van der Waals surface area contributed by atoms with Crippen LogP contribution in [0.5, 0.6) is 0 Å². The van der Waals surface area contributed by atoms with Gasteiger partial charge in [-0.25, -0.2) is 0 Å². The molecule has 1 N–H and O–H groups in total. The van der Waals surface area contributed by atoms with Gasteiger partial charge in [-0.15, -0.1) is 0 Å². The molecule has 1 heterocycles. The fourth-order valence-corrected chi connectivity index (χ4v) is 6.92. The molecule has 4 heteroatoms. The average Bonchev–Trinajstić information content (AvgIpc) is 3.25. The number of hydrogen-bond acceptors (Lipinski definition) is 4. The van der Waals surface area contributed by atoms with Gasteiger partial charge in [0.2, 0.25) is 0 Å². The van der Waals surface area contributed by atoms with E-state index in [-0.39, 0.29) is 16.8 Å². The molecule has 0 aliphatic heterocycles. The second-order valence-corrected chi connectivity index (χ2v) is 10.6. The number of allylic oxidation sites excluding steroid dienone is 1. The van der Waals surface area contributed by atoms with Crippen molar-refractivity contribution >= 4 is 5.97 Å². The molecule has 4 rings (SSSR count). The first-order valence-electron chi connectivity index (χ1n) is 12.4. The summed E-state index contributed by atoms with van der Waals surface area (Å²) in [5, 5.41) is 3.51. The number of hydrogen-bond donors (Lipinski definition) is 1. The van der Waals surface area contributed by atoms with E-state index >= 15 is 0 Å². The fraction of sp³-hybridized carbons (Fsp3) is 0.552. The molecule has 2 saturated carbocycles. The molecule has 33 heavy (non-hydrogen) atoms. The van der Waals surface area contributed by atoms with Gasteiger partial charge in [0, 0.05) is 6.54 Å². The van der Waals surface area contributed by atoms with Crippen molar-refractivity contribution in [2.45, 2.75) is 71.9 Å². The maximum atomic E-state index is 12.8. The fourth-order valence-electron chi connectivity index (χ4n) is 6.92. The quantitative estimate of drug-likeness (QED) is 0.371. The SMILES string of the molecule is C=C1CC[C@H]2[C@](C)(CCC[C@]2(C)C(=O)OC)[C@H]1CCc1ccoc1CNCc1ccccc1. The number of methoxy groups -OCH3 is 1. The van der Waals surface area contributed by atoms with Crippen molar-refractivity contribution < 1.29 is 13.9 Å². The highest BCUT2D eigenvalue weighted by molar-refractivity contribution is 5.77. The van der Waals surface area contributed by atoms with Gasteiger partial charge in [0.15, 0.2) is 0 Å². The number of carbonyl (C=O) groups is 1. The Balaban J connectivity index is 1.43. The molecule has 0 amide bonds. The van der Waals surface area contributed by atoms with Crippen LogP contribution in [0.25, 0.3) is 0 Å². The van der Waals surface area contributed by atoms with Crippen LogP contribution in [0.4, 0.5) is 0 Å². The van der Waals surface area contributed by atoms with E-state index in [1.807, 2.05) is 12.3 Å². The van der Waals surface area contributed by atoms with E-state index in [1.165, 1.54) is 23.8 Å². The molecular formula is C29H39NO3. The van der Waals surface area contributed by atoms with Crippen molar-refractivity contribution in [3.8, 4) is 0 Å². The molecule has 0 bridgehead atoms. The lowest BCUT2D eigenvalue weighted by Gasteiger charge is -2.57. The first kappa shape index (κ1) is 23.8. The maximum absolute atomic E-state index is 12.8. The summed E-state index contributed by atoms with van der Waals surface area (Å²) < 4.78 is 11.1. The van der Waals surface area contributed by atoms with Crippen LogP contribution in [0, 0.1) is 22.7 Å². The van der Waals surface area contributed by atoms with Gasteiger partial charge in [-0.1, -0.05) is 55.8 Å². The number of benzene rings is 1. The lowest BCUT2D eigenvalue weighted by Crippen LogP contribution is -2.53. The third kappa shape index (κ3) is 4.68. The van der Waals surface area contributed by atoms with E-state index in [4.69, 9.17) is 9.15 Å². The number of esters is 1. The Labute approximate surface area is 198 Å². The van der Waals surface area contributed by atoms with E-state index in [0.29, 0.717) is 11.8 Å². The van der Waals surface area contributed by atoms with Gasteiger partial charge in [-0.3, -0.25) is 4.79 Å². The zero-order valence-electron chi connectivity index (χ0n) is 20.5. The van der Waals surface area contributed by atoms with E-state index in [9.17, 15) is 4.79 Å². The number of furan rings is 1. The van der Waals surface area contributed by atoms with Gasteiger partial charge in [0.25, 0.3) is 0 Å². The number of nitrogens with one attached hydrogen (secondary N) is 1. The molecule has 2 aliphatic carbocycles. The van der Waals surface area contributed by atoms with Crippen molar-refractivity contribution in [2.24, 2.45) is 22.7 Å². The molecule has 0 radical (unpaired) electrons. The Morgan fingerprint density at radius 1 is 1.18 bits per heavy atom. The lowest BCUT2D eigenvalue weighted by atomic mass is 9.46.